The molecule has 1 saturated heterocycles. The number of nitrogens with one attached hydrogen (secondary N) is 1. The number of H-pyrrole nitrogens is 1. The fourth-order valence-electron chi connectivity index (χ4n) is 5.16. The van der Waals surface area contributed by atoms with E-state index >= 15 is 0 Å². The summed E-state index contributed by atoms with van der Waals surface area (Å²) in [7, 11) is 0. The predicted molar refractivity (Wildman–Crippen MR) is 160 cm³/mol. The second-order valence-corrected chi connectivity index (χ2v) is 10.2. The zero-order chi connectivity index (χ0) is 30.1. The first-order valence-electron chi connectivity index (χ1n) is 13.2. The number of alkyl halides is 6. The minimum absolute atomic E-state index is 0. The molecular formula is C31H28Cl2F6N4O. The Balaban J connectivity index is 0.00000264. The number of nitrogens with zero attached hydrogens (tertiary/aromatic N) is 3. The van der Waals surface area contributed by atoms with Crippen molar-refractivity contribution in [2.45, 2.75) is 31.7 Å². The van der Waals surface area contributed by atoms with Gasteiger partial charge < -0.3 is 9.88 Å². The Kier molecular flexibility index (Phi) is 11.0. The van der Waals surface area contributed by atoms with Gasteiger partial charge in [-0.05, 0) is 60.7 Å². The van der Waals surface area contributed by atoms with Crippen LogP contribution in [0.15, 0.2) is 67.0 Å². The van der Waals surface area contributed by atoms with Gasteiger partial charge in [0, 0.05) is 54.5 Å². The number of hydrogen-bond acceptors (Lipinski definition) is 3. The summed E-state index contributed by atoms with van der Waals surface area (Å²) < 4.78 is 81.1. The van der Waals surface area contributed by atoms with Crippen LogP contribution in [-0.2, 0) is 18.8 Å². The van der Waals surface area contributed by atoms with Gasteiger partial charge in [-0.2, -0.15) is 26.3 Å². The van der Waals surface area contributed by atoms with E-state index in [1.54, 1.807) is 6.20 Å². The van der Waals surface area contributed by atoms with Gasteiger partial charge in [-0.1, -0.05) is 30.2 Å². The summed E-state index contributed by atoms with van der Waals surface area (Å²) in [4.78, 5) is 24.5. The van der Waals surface area contributed by atoms with E-state index < -0.39 is 41.0 Å². The topological polar surface area (TPSA) is 52.2 Å². The highest BCUT2D eigenvalue weighted by atomic mass is 35.5. The third kappa shape index (κ3) is 7.86. The summed E-state index contributed by atoms with van der Waals surface area (Å²) >= 11 is 0. The van der Waals surface area contributed by atoms with Crippen molar-refractivity contribution >= 4 is 41.6 Å². The first-order chi connectivity index (χ1) is 19.9. The van der Waals surface area contributed by atoms with Crippen LogP contribution in [0.1, 0.15) is 38.3 Å². The zero-order valence-electron chi connectivity index (χ0n) is 23.3. The number of aromatic amines is 1. The second kappa shape index (κ2) is 13.9. The molecule has 3 heterocycles. The van der Waals surface area contributed by atoms with Crippen LogP contribution >= 0.6 is 24.8 Å². The summed E-state index contributed by atoms with van der Waals surface area (Å²) in [6.07, 6.45) is -6.31. The Bertz CT molecular complexity index is 1640. The molecule has 0 unspecified atom stereocenters. The van der Waals surface area contributed by atoms with Gasteiger partial charge in [0.2, 0.25) is 0 Å². The van der Waals surface area contributed by atoms with Gasteiger partial charge in [-0.15, -0.1) is 24.8 Å². The van der Waals surface area contributed by atoms with E-state index in [1.165, 1.54) is 4.90 Å². The van der Waals surface area contributed by atoms with Crippen LogP contribution in [0.2, 0.25) is 0 Å². The lowest BCUT2D eigenvalue weighted by atomic mass is 9.98. The maximum absolute atomic E-state index is 13.6. The van der Waals surface area contributed by atoms with E-state index in [1.807, 2.05) is 54.4 Å². The number of aromatic nitrogens is 2. The lowest BCUT2D eigenvalue weighted by Crippen LogP contribution is -2.56. The molecule has 2 aromatic heterocycles. The average Bonchev–Trinajstić information content (AvgIpc) is 3.35. The van der Waals surface area contributed by atoms with Gasteiger partial charge in [0.1, 0.15) is 5.69 Å². The molecule has 0 bridgehead atoms. The standard InChI is InChI=1S/C31H26F6N4O.2ClH/c1-20-6-4-10-38-27(20)9-5-11-40-12-13-41(25(19-40)16-22-18-39-28-8-3-2-7-26(22)28)29(42)21-14-23(30(32,33)34)17-24(15-21)31(35,36)37;;/h2-4,6-8,10,14-15,17-18,25,39H,11-13,16,19H2,1H3;2*1H/t25-;;/m1../s1. The molecule has 0 aliphatic carbocycles. The molecule has 5 rings (SSSR count). The third-order valence-electron chi connectivity index (χ3n) is 7.31. The molecule has 234 valence electrons. The quantitative estimate of drug-likeness (QED) is 0.187. The van der Waals surface area contributed by atoms with Gasteiger partial charge >= 0.3 is 12.4 Å². The molecule has 44 heavy (non-hydrogen) atoms. The second-order valence-electron chi connectivity index (χ2n) is 10.2. The number of piperazine rings is 1. The molecule has 1 aliphatic heterocycles. The minimum Gasteiger partial charge on any atom is -0.361 e. The van der Waals surface area contributed by atoms with Crippen LogP contribution in [0, 0.1) is 18.8 Å². The number of benzene rings is 2. The van der Waals surface area contributed by atoms with Gasteiger partial charge in [0.25, 0.3) is 5.91 Å². The summed E-state index contributed by atoms with van der Waals surface area (Å²) in [5.41, 5.74) is -0.364. The molecule has 0 spiro atoms. The molecule has 1 amide bonds. The molecular weight excluding hydrogens is 629 g/mol. The molecule has 4 aromatic rings. The highest BCUT2D eigenvalue weighted by molar-refractivity contribution is 5.95. The lowest BCUT2D eigenvalue weighted by Gasteiger charge is -2.41. The maximum Gasteiger partial charge on any atom is 0.416 e. The van der Waals surface area contributed by atoms with Gasteiger partial charge in [-0.3, -0.25) is 9.69 Å². The van der Waals surface area contributed by atoms with E-state index in [0.29, 0.717) is 43.9 Å². The van der Waals surface area contributed by atoms with Crippen molar-refractivity contribution in [2.24, 2.45) is 0 Å². The molecule has 5 nitrogen and oxygen atoms in total. The van der Waals surface area contributed by atoms with Crippen LogP contribution in [0.3, 0.4) is 0 Å². The number of carbonyl (C=O) groups excluding carboxylic acids is 1. The van der Waals surface area contributed by atoms with Crippen molar-refractivity contribution in [1.29, 1.82) is 0 Å². The summed E-state index contributed by atoms with van der Waals surface area (Å²) in [6.45, 7) is 3.03. The summed E-state index contributed by atoms with van der Waals surface area (Å²) in [6, 6.07) is 11.7. The Morgan fingerprint density at radius 3 is 2.32 bits per heavy atom. The zero-order valence-corrected chi connectivity index (χ0v) is 24.9. The molecule has 0 radical (unpaired) electrons. The SMILES string of the molecule is Cc1cccnc1C#CCN1CCN(C(=O)c2cc(C(F)(F)F)cc(C(F)(F)F)c2)[C@H](Cc2c[nH]c3ccccc23)C1.Cl.Cl. The normalized spacial score (nSPS) is 15.6. The highest BCUT2D eigenvalue weighted by Gasteiger charge is 2.39. The number of amides is 1. The number of halogens is 8. The van der Waals surface area contributed by atoms with Crippen LogP contribution in [0.5, 0.6) is 0 Å². The fourth-order valence-corrected chi connectivity index (χ4v) is 5.16. The average molecular weight is 657 g/mol. The first kappa shape index (κ1) is 34.8. The van der Waals surface area contributed by atoms with E-state index in [-0.39, 0.29) is 37.4 Å². The third-order valence-corrected chi connectivity index (χ3v) is 7.31. The number of fused-ring (bicyclic) bond motifs is 1. The van der Waals surface area contributed by atoms with Crippen molar-refractivity contribution in [1.82, 2.24) is 19.8 Å². The number of hydrogen-bond donors (Lipinski definition) is 1. The van der Waals surface area contributed by atoms with Crippen LogP contribution in [0.4, 0.5) is 26.3 Å². The van der Waals surface area contributed by atoms with Crippen molar-refractivity contribution < 1.29 is 31.1 Å². The number of pyridine rings is 1. The lowest BCUT2D eigenvalue weighted by molar-refractivity contribution is -0.143. The van der Waals surface area contributed by atoms with Crippen molar-refractivity contribution in [3.05, 3.63) is 101 Å². The first-order valence-corrected chi connectivity index (χ1v) is 13.2. The Morgan fingerprint density at radius 2 is 1.66 bits per heavy atom. The van der Waals surface area contributed by atoms with E-state index in [2.05, 4.69) is 21.8 Å². The Morgan fingerprint density at radius 1 is 0.977 bits per heavy atom. The molecule has 1 aliphatic rings. The van der Waals surface area contributed by atoms with Gasteiger partial charge in [-0.25, -0.2) is 4.98 Å². The number of para-hydroxylation sites is 1. The largest absolute Gasteiger partial charge is 0.416 e. The molecule has 2 aromatic carbocycles. The van der Waals surface area contributed by atoms with Crippen LogP contribution in [0.25, 0.3) is 10.9 Å². The molecule has 1 fully saturated rings. The van der Waals surface area contributed by atoms with Gasteiger partial charge in [0.15, 0.2) is 0 Å². The number of carbonyl (C=O) groups is 1. The van der Waals surface area contributed by atoms with Gasteiger partial charge in [0.05, 0.1) is 17.7 Å². The van der Waals surface area contributed by atoms with Crippen molar-refractivity contribution in [3.8, 4) is 11.8 Å². The van der Waals surface area contributed by atoms with Crippen LogP contribution < -0.4 is 0 Å². The monoisotopic (exact) mass is 656 g/mol. The van der Waals surface area contributed by atoms with Crippen LogP contribution in [-0.4, -0.2) is 57.9 Å². The highest BCUT2D eigenvalue weighted by Crippen LogP contribution is 2.37. The van der Waals surface area contributed by atoms with Crippen molar-refractivity contribution in [2.75, 3.05) is 26.2 Å². The molecule has 13 heteroatoms. The van der Waals surface area contributed by atoms with E-state index in [4.69, 9.17) is 0 Å². The molecule has 1 N–H and O–H groups in total. The summed E-state index contributed by atoms with van der Waals surface area (Å²) in [5.74, 6) is 5.26. The van der Waals surface area contributed by atoms with Crippen molar-refractivity contribution in [3.63, 3.8) is 0 Å². The fraction of sp³-hybridized carbons (Fsp3) is 0.290. The predicted octanol–water partition coefficient (Wildman–Crippen LogP) is 7.17. The Hall–Kier alpha value is -3.72. The smallest absolute Gasteiger partial charge is 0.361 e. The molecule has 0 saturated carbocycles. The number of rotatable bonds is 4. The minimum atomic E-state index is -5.05. The maximum atomic E-state index is 13.6. The van der Waals surface area contributed by atoms with E-state index in [9.17, 15) is 31.1 Å². The molecule has 1 atom stereocenters. The number of aryl methyl sites for hydroxylation is 1. The summed E-state index contributed by atoms with van der Waals surface area (Å²) in [5, 5.41) is 0.922. The van der Waals surface area contributed by atoms with E-state index in [0.717, 1.165) is 22.0 Å². The Labute approximate surface area is 262 Å².